The lowest BCUT2D eigenvalue weighted by atomic mass is 10.0. The van der Waals surface area contributed by atoms with Crippen molar-refractivity contribution in [2.75, 3.05) is 18.5 Å². The number of nitrogens with one attached hydrogen (secondary N) is 1. The molecular weight excluding hydrogens is 422 g/mol. The van der Waals surface area contributed by atoms with Crippen molar-refractivity contribution in [3.63, 3.8) is 0 Å². The van der Waals surface area contributed by atoms with Crippen molar-refractivity contribution < 1.29 is 10.2 Å². The second kappa shape index (κ2) is 22.3. The van der Waals surface area contributed by atoms with Crippen LogP contribution >= 0.6 is 0 Å². The van der Waals surface area contributed by atoms with Gasteiger partial charge >= 0.3 is 0 Å². The number of anilines is 1. The lowest BCUT2D eigenvalue weighted by Crippen LogP contribution is -2.42. The van der Waals surface area contributed by atoms with E-state index in [0.29, 0.717) is 13.1 Å². The van der Waals surface area contributed by atoms with E-state index in [9.17, 15) is 10.2 Å². The van der Waals surface area contributed by atoms with Gasteiger partial charge in [-0.1, -0.05) is 123 Å². The van der Waals surface area contributed by atoms with Gasteiger partial charge < -0.3 is 15.6 Å². The Morgan fingerprint density at radius 1 is 0.676 bits per heavy atom. The Morgan fingerprint density at radius 3 is 1.53 bits per heavy atom. The van der Waals surface area contributed by atoms with Gasteiger partial charge in [-0.25, -0.2) is 9.99 Å². The van der Waals surface area contributed by atoms with Crippen LogP contribution in [0.3, 0.4) is 0 Å². The number of nitrogens with zero attached hydrogens (tertiary/aromatic N) is 2. The van der Waals surface area contributed by atoms with E-state index in [1.165, 1.54) is 89.9 Å². The third-order valence-electron chi connectivity index (χ3n) is 6.58. The number of aromatic nitrogens is 1. The van der Waals surface area contributed by atoms with E-state index in [-0.39, 0.29) is 0 Å². The predicted octanol–water partition coefficient (Wildman–Crippen LogP) is 7.49. The average molecular weight is 478 g/mol. The molecule has 1 rings (SSSR count). The van der Waals surface area contributed by atoms with Gasteiger partial charge in [0.1, 0.15) is 5.82 Å². The Bertz CT molecular complexity index is 515. The van der Waals surface area contributed by atoms with Crippen LogP contribution in [0.4, 0.5) is 5.82 Å². The Balaban J connectivity index is 2.30. The van der Waals surface area contributed by atoms with Crippen LogP contribution in [-0.2, 0) is 0 Å². The van der Waals surface area contributed by atoms with Gasteiger partial charge in [0, 0.05) is 19.3 Å². The number of pyridine rings is 1. The summed E-state index contributed by atoms with van der Waals surface area (Å²) < 4.78 is 0. The minimum Gasteiger partial charge on any atom is -0.392 e. The van der Waals surface area contributed by atoms with E-state index in [4.69, 9.17) is 0 Å². The summed E-state index contributed by atoms with van der Waals surface area (Å²) in [5, 5.41) is 23.2. The summed E-state index contributed by atoms with van der Waals surface area (Å²) in [6, 6.07) is 5.76. The number of aliphatic hydroxyl groups is 2. The van der Waals surface area contributed by atoms with Crippen molar-refractivity contribution in [1.29, 1.82) is 0 Å². The first kappa shape index (κ1) is 30.9. The molecule has 0 fully saturated rings. The molecule has 1 aromatic rings. The zero-order chi connectivity index (χ0) is 24.7. The minimum atomic E-state index is -0.397. The fraction of sp³-hybridized carbons (Fsp3) is 0.828. The molecule has 5 nitrogen and oxygen atoms in total. The SMILES string of the molecule is CCCCCCCCCCC(O)CN(CC(O)CCCCCCCCCC)Nc1ccccn1. The lowest BCUT2D eigenvalue weighted by Gasteiger charge is -2.28. The van der Waals surface area contributed by atoms with E-state index >= 15 is 0 Å². The molecule has 0 spiro atoms. The predicted molar refractivity (Wildman–Crippen MR) is 146 cm³/mol. The monoisotopic (exact) mass is 477 g/mol. The highest BCUT2D eigenvalue weighted by atomic mass is 16.3. The molecule has 5 heteroatoms. The number of hydrazine groups is 1. The summed E-state index contributed by atoms with van der Waals surface area (Å²) >= 11 is 0. The molecule has 0 aliphatic heterocycles. The molecule has 0 saturated carbocycles. The highest BCUT2D eigenvalue weighted by molar-refractivity contribution is 5.31. The van der Waals surface area contributed by atoms with Crippen LogP contribution in [0.25, 0.3) is 0 Å². The number of unbranched alkanes of at least 4 members (excludes halogenated alkanes) is 14. The van der Waals surface area contributed by atoms with Crippen molar-refractivity contribution in [2.24, 2.45) is 0 Å². The van der Waals surface area contributed by atoms with Crippen molar-refractivity contribution in [3.05, 3.63) is 24.4 Å². The van der Waals surface area contributed by atoms with Gasteiger partial charge in [0.15, 0.2) is 0 Å². The summed E-state index contributed by atoms with van der Waals surface area (Å²) in [5.74, 6) is 0.751. The Labute approximate surface area is 210 Å². The normalized spacial score (nSPS) is 13.3. The van der Waals surface area contributed by atoms with Crippen molar-refractivity contribution in [1.82, 2.24) is 9.99 Å². The van der Waals surface area contributed by atoms with Gasteiger partial charge in [0.05, 0.1) is 12.2 Å². The molecule has 198 valence electrons. The number of hydrogen-bond donors (Lipinski definition) is 3. The van der Waals surface area contributed by atoms with Gasteiger partial charge in [-0.15, -0.1) is 0 Å². The van der Waals surface area contributed by atoms with Gasteiger partial charge in [0.2, 0.25) is 0 Å². The Morgan fingerprint density at radius 2 is 1.12 bits per heavy atom. The van der Waals surface area contributed by atoms with E-state index in [0.717, 1.165) is 31.5 Å². The number of rotatable bonds is 24. The minimum absolute atomic E-state index is 0.397. The first-order valence-corrected chi connectivity index (χ1v) is 14.4. The molecule has 2 unspecified atom stereocenters. The number of aliphatic hydroxyl groups excluding tert-OH is 2. The molecule has 0 saturated heterocycles. The quantitative estimate of drug-likeness (QED) is 0.106. The van der Waals surface area contributed by atoms with Gasteiger partial charge in [-0.2, -0.15) is 0 Å². The number of hydrogen-bond acceptors (Lipinski definition) is 5. The fourth-order valence-corrected chi connectivity index (χ4v) is 4.48. The maximum Gasteiger partial charge on any atom is 0.140 e. The van der Waals surface area contributed by atoms with Crippen molar-refractivity contribution in [3.8, 4) is 0 Å². The molecule has 1 aromatic heterocycles. The fourth-order valence-electron chi connectivity index (χ4n) is 4.48. The molecule has 0 amide bonds. The molecule has 34 heavy (non-hydrogen) atoms. The van der Waals surface area contributed by atoms with Gasteiger partial charge in [-0.3, -0.25) is 0 Å². The topological polar surface area (TPSA) is 68.6 Å². The molecular formula is C29H55N3O2. The molecule has 0 aliphatic carbocycles. The highest BCUT2D eigenvalue weighted by Crippen LogP contribution is 2.14. The van der Waals surface area contributed by atoms with Crippen LogP contribution in [0.5, 0.6) is 0 Å². The van der Waals surface area contributed by atoms with Crippen LogP contribution in [0, 0.1) is 0 Å². The summed E-state index contributed by atoms with van der Waals surface area (Å²) in [6.07, 6.45) is 22.9. The Kier molecular flexibility index (Phi) is 20.2. The second-order valence-electron chi connectivity index (χ2n) is 10.1. The first-order valence-electron chi connectivity index (χ1n) is 14.4. The maximum absolute atomic E-state index is 10.6. The molecule has 0 aromatic carbocycles. The molecule has 2 atom stereocenters. The molecule has 0 bridgehead atoms. The molecule has 1 heterocycles. The Hall–Kier alpha value is -1.17. The third kappa shape index (κ3) is 18.2. The van der Waals surface area contributed by atoms with Gasteiger partial charge in [0.25, 0.3) is 0 Å². The largest absolute Gasteiger partial charge is 0.392 e. The summed E-state index contributed by atoms with van der Waals surface area (Å²) in [5.41, 5.74) is 3.30. The van der Waals surface area contributed by atoms with E-state index in [1.807, 2.05) is 23.2 Å². The van der Waals surface area contributed by atoms with Crippen molar-refractivity contribution >= 4 is 5.82 Å². The van der Waals surface area contributed by atoms with Gasteiger partial charge in [-0.05, 0) is 25.0 Å². The standard InChI is InChI=1S/C29H55N3O2/c1-3-5-7-9-11-13-15-17-21-27(33)25-32(31-29-23-19-20-24-30-29)26-28(34)22-18-16-14-12-10-8-6-4-2/h19-20,23-24,27-28,33-34H,3-18,21-22,25-26H2,1-2H3,(H,30,31). The second-order valence-corrected chi connectivity index (χ2v) is 10.1. The van der Waals surface area contributed by atoms with Crippen LogP contribution in [0.1, 0.15) is 129 Å². The zero-order valence-electron chi connectivity index (χ0n) is 22.4. The summed E-state index contributed by atoms with van der Waals surface area (Å²) in [4.78, 5) is 4.35. The highest BCUT2D eigenvalue weighted by Gasteiger charge is 2.16. The van der Waals surface area contributed by atoms with E-state index < -0.39 is 12.2 Å². The maximum atomic E-state index is 10.6. The molecule has 3 N–H and O–H groups in total. The summed E-state index contributed by atoms with van der Waals surface area (Å²) in [6.45, 7) is 5.51. The first-order chi connectivity index (χ1) is 16.7. The molecule has 0 aliphatic rings. The lowest BCUT2D eigenvalue weighted by molar-refractivity contribution is 0.0728. The smallest absolute Gasteiger partial charge is 0.140 e. The van der Waals surface area contributed by atoms with E-state index in [1.54, 1.807) is 6.20 Å². The van der Waals surface area contributed by atoms with Crippen LogP contribution < -0.4 is 5.43 Å². The van der Waals surface area contributed by atoms with Crippen LogP contribution in [0.2, 0.25) is 0 Å². The van der Waals surface area contributed by atoms with E-state index in [2.05, 4.69) is 24.3 Å². The third-order valence-corrected chi connectivity index (χ3v) is 6.58. The molecule has 0 radical (unpaired) electrons. The summed E-state index contributed by atoms with van der Waals surface area (Å²) in [7, 11) is 0. The van der Waals surface area contributed by atoms with Crippen LogP contribution in [-0.4, -0.2) is 45.5 Å². The van der Waals surface area contributed by atoms with Crippen LogP contribution in [0.15, 0.2) is 24.4 Å². The zero-order valence-corrected chi connectivity index (χ0v) is 22.4. The average Bonchev–Trinajstić information content (AvgIpc) is 2.83. The van der Waals surface area contributed by atoms with Crippen molar-refractivity contribution in [2.45, 2.75) is 142 Å².